The summed E-state index contributed by atoms with van der Waals surface area (Å²) in [6.45, 7) is 3.80. The fraction of sp³-hybridized carbons (Fsp3) is 0.269. The van der Waals surface area contributed by atoms with Crippen LogP contribution in [-0.4, -0.2) is 36.3 Å². The lowest BCUT2D eigenvalue weighted by Gasteiger charge is -2.25. The SMILES string of the molecule is CN(C(=O)c1ccccc1-c1cnc(C(F)(F)F)cc1C#N)c1ccccc1OCC(C)(C)CO. The van der Waals surface area contributed by atoms with Crippen molar-refractivity contribution in [2.24, 2.45) is 5.41 Å². The van der Waals surface area contributed by atoms with Gasteiger partial charge in [0.25, 0.3) is 5.91 Å². The number of aliphatic hydroxyl groups is 1. The second kappa shape index (κ2) is 10.2. The second-order valence-electron chi connectivity index (χ2n) is 8.71. The molecule has 1 aromatic heterocycles. The zero-order valence-corrected chi connectivity index (χ0v) is 19.4. The van der Waals surface area contributed by atoms with Crippen molar-refractivity contribution in [3.05, 3.63) is 77.6 Å². The summed E-state index contributed by atoms with van der Waals surface area (Å²) < 4.78 is 45.1. The Morgan fingerprint density at radius 1 is 1.11 bits per heavy atom. The van der Waals surface area contributed by atoms with Crippen molar-refractivity contribution in [2.75, 3.05) is 25.2 Å². The van der Waals surface area contributed by atoms with Gasteiger partial charge in [-0.25, -0.2) is 0 Å². The van der Waals surface area contributed by atoms with E-state index in [1.165, 1.54) is 11.0 Å². The molecule has 0 saturated carbocycles. The minimum Gasteiger partial charge on any atom is -0.491 e. The Bertz CT molecular complexity index is 1270. The summed E-state index contributed by atoms with van der Waals surface area (Å²) in [6, 6.07) is 15.7. The van der Waals surface area contributed by atoms with Gasteiger partial charge in [0.15, 0.2) is 0 Å². The van der Waals surface area contributed by atoms with E-state index in [4.69, 9.17) is 4.74 Å². The topological polar surface area (TPSA) is 86.5 Å². The smallest absolute Gasteiger partial charge is 0.433 e. The van der Waals surface area contributed by atoms with E-state index in [1.807, 2.05) is 13.8 Å². The molecule has 0 atom stereocenters. The predicted molar refractivity (Wildman–Crippen MR) is 125 cm³/mol. The van der Waals surface area contributed by atoms with Crippen molar-refractivity contribution in [3.8, 4) is 22.9 Å². The Morgan fingerprint density at radius 3 is 2.43 bits per heavy atom. The second-order valence-corrected chi connectivity index (χ2v) is 8.71. The maximum Gasteiger partial charge on any atom is 0.433 e. The molecular weight excluding hydrogens is 459 g/mol. The lowest BCUT2D eigenvalue weighted by molar-refractivity contribution is -0.141. The number of aliphatic hydroxyl groups excluding tert-OH is 1. The monoisotopic (exact) mass is 483 g/mol. The van der Waals surface area contributed by atoms with E-state index in [-0.39, 0.29) is 35.5 Å². The van der Waals surface area contributed by atoms with Crippen LogP contribution < -0.4 is 9.64 Å². The van der Waals surface area contributed by atoms with Crippen LogP contribution in [0, 0.1) is 16.7 Å². The number of ether oxygens (including phenoxy) is 1. The van der Waals surface area contributed by atoms with Crippen LogP contribution >= 0.6 is 0 Å². The van der Waals surface area contributed by atoms with Gasteiger partial charge in [-0.2, -0.15) is 18.4 Å². The first-order valence-electron chi connectivity index (χ1n) is 10.7. The van der Waals surface area contributed by atoms with Crippen LogP contribution in [0.25, 0.3) is 11.1 Å². The van der Waals surface area contributed by atoms with E-state index in [0.717, 1.165) is 6.20 Å². The average Bonchev–Trinajstić information content (AvgIpc) is 2.86. The molecule has 3 aromatic rings. The molecule has 0 aliphatic heterocycles. The summed E-state index contributed by atoms with van der Waals surface area (Å²) in [4.78, 5) is 18.4. The molecule has 9 heteroatoms. The number of amides is 1. The minimum atomic E-state index is -4.70. The number of hydrogen-bond acceptors (Lipinski definition) is 5. The number of aromatic nitrogens is 1. The third kappa shape index (κ3) is 5.78. The van der Waals surface area contributed by atoms with Crippen molar-refractivity contribution >= 4 is 11.6 Å². The molecule has 0 saturated heterocycles. The fourth-order valence-corrected chi connectivity index (χ4v) is 3.29. The van der Waals surface area contributed by atoms with Gasteiger partial charge >= 0.3 is 6.18 Å². The van der Waals surface area contributed by atoms with E-state index in [0.29, 0.717) is 17.5 Å². The molecule has 0 aliphatic carbocycles. The zero-order valence-electron chi connectivity index (χ0n) is 19.4. The molecule has 182 valence electrons. The molecule has 0 aliphatic rings. The zero-order chi connectivity index (χ0) is 25.8. The van der Waals surface area contributed by atoms with Crippen molar-refractivity contribution in [1.82, 2.24) is 4.98 Å². The number of pyridine rings is 1. The Labute approximate surface area is 201 Å². The quantitative estimate of drug-likeness (QED) is 0.492. The Morgan fingerprint density at radius 2 is 1.77 bits per heavy atom. The van der Waals surface area contributed by atoms with E-state index in [2.05, 4.69) is 4.98 Å². The normalized spacial score (nSPS) is 11.6. The van der Waals surface area contributed by atoms with Gasteiger partial charge in [0, 0.05) is 29.8 Å². The van der Waals surface area contributed by atoms with E-state index >= 15 is 0 Å². The summed E-state index contributed by atoms with van der Waals surface area (Å²) >= 11 is 0. The van der Waals surface area contributed by atoms with Crippen LogP contribution in [0.1, 0.15) is 35.5 Å². The molecule has 0 radical (unpaired) electrons. The number of carbonyl (C=O) groups is 1. The first kappa shape index (κ1) is 25.7. The number of anilines is 1. The third-order valence-corrected chi connectivity index (χ3v) is 5.34. The molecule has 1 heterocycles. The number of para-hydroxylation sites is 2. The number of alkyl halides is 3. The maximum atomic E-state index is 13.5. The molecule has 0 spiro atoms. The summed E-state index contributed by atoms with van der Waals surface area (Å²) in [5, 5.41) is 19.0. The van der Waals surface area contributed by atoms with Crippen LogP contribution in [0.3, 0.4) is 0 Å². The standard InChI is InChI=1S/C26H24F3N3O3/c1-25(2,15-33)16-35-22-11-7-6-10-21(22)32(3)24(34)19-9-5-4-8-18(19)20-14-31-23(26(27,28)29)12-17(20)13-30/h4-12,14,33H,15-16H2,1-3H3. The number of nitriles is 1. The number of nitrogens with zero attached hydrogens (tertiary/aromatic N) is 3. The molecule has 35 heavy (non-hydrogen) atoms. The first-order valence-corrected chi connectivity index (χ1v) is 10.7. The third-order valence-electron chi connectivity index (χ3n) is 5.34. The predicted octanol–water partition coefficient (Wildman–Crippen LogP) is 5.31. The summed E-state index contributed by atoms with van der Waals surface area (Å²) in [5.74, 6) is -0.0295. The van der Waals surface area contributed by atoms with Gasteiger partial charge in [-0.05, 0) is 29.8 Å². The highest BCUT2D eigenvalue weighted by Gasteiger charge is 2.33. The van der Waals surface area contributed by atoms with Gasteiger partial charge in [0.2, 0.25) is 0 Å². The van der Waals surface area contributed by atoms with Gasteiger partial charge in [0.05, 0.1) is 30.5 Å². The number of carbonyl (C=O) groups excluding carboxylic acids is 1. The highest BCUT2D eigenvalue weighted by molar-refractivity contribution is 6.10. The molecule has 2 aromatic carbocycles. The van der Waals surface area contributed by atoms with Crippen LogP contribution in [0.4, 0.5) is 18.9 Å². The van der Waals surface area contributed by atoms with Gasteiger partial charge < -0.3 is 14.7 Å². The lowest BCUT2D eigenvalue weighted by Crippen LogP contribution is -2.29. The number of benzene rings is 2. The molecule has 0 bridgehead atoms. The lowest BCUT2D eigenvalue weighted by atomic mass is 9.96. The van der Waals surface area contributed by atoms with Gasteiger partial charge in [-0.15, -0.1) is 0 Å². The van der Waals surface area contributed by atoms with Gasteiger partial charge in [-0.3, -0.25) is 9.78 Å². The van der Waals surface area contributed by atoms with Crippen LogP contribution in [0.2, 0.25) is 0 Å². The summed E-state index contributed by atoms with van der Waals surface area (Å²) in [7, 11) is 1.55. The largest absolute Gasteiger partial charge is 0.491 e. The summed E-state index contributed by atoms with van der Waals surface area (Å²) in [5.41, 5.74) is -0.883. The van der Waals surface area contributed by atoms with Crippen molar-refractivity contribution in [3.63, 3.8) is 0 Å². The van der Waals surface area contributed by atoms with E-state index in [1.54, 1.807) is 55.6 Å². The van der Waals surface area contributed by atoms with Gasteiger partial charge in [0.1, 0.15) is 11.4 Å². The highest BCUT2D eigenvalue weighted by Crippen LogP contribution is 2.34. The Kier molecular flexibility index (Phi) is 7.46. The molecule has 1 amide bonds. The molecule has 6 nitrogen and oxygen atoms in total. The average molecular weight is 483 g/mol. The van der Waals surface area contributed by atoms with Crippen molar-refractivity contribution in [2.45, 2.75) is 20.0 Å². The van der Waals surface area contributed by atoms with Crippen LogP contribution in [-0.2, 0) is 6.18 Å². The summed E-state index contributed by atoms with van der Waals surface area (Å²) in [6.07, 6.45) is -3.74. The number of halogens is 3. The Hall–Kier alpha value is -3.90. The molecule has 0 fully saturated rings. The van der Waals surface area contributed by atoms with Crippen molar-refractivity contribution in [1.29, 1.82) is 5.26 Å². The van der Waals surface area contributed by atoms with E-state index in [9.17, 15) is 28.3 Å². The molecular formula is C26H24F3N3O3. The molecule has 3 rings (SSSR count). The highest BCUT2D eigenvalue weighted by atomic mass is 19.4. The minimum absolute atomic E-state index is 0.0836. The molecule has 1 N–H and O–H groups in total. The fourth-order valence-electron chi connectivity index (χ4n) is 3.29. The van der Waals surface area contributed by atoms with Crippen LogP contribution in [0.15, 0.2) is 60.8 Å². The van der Waals surface area contributed by atoms with E-state index < -0.39 is 23.2 Å². The number of hydrogen-bond donors (Lipinski definition) is 1. The van der Waals surface area contributed by atoms with Gasteiger partial charge in [-0.1, -0.05) is 44.2 Å². The molecule has 0 unspecified atom stereocenters. The Balaban J connectivity index is 2.00. The maximum absolute atomic E-state index is 13.5. The number of rotatable bonds is 7. The van der Waals surface area contributed by atoms with Crippen molar-refractivity contribution < 1.29 is 27.8 Å². The first-order chi connectivity index (χ1) is 16.5. The van der Waals surface area contributed by atoms with Crippen LogP contribution in [0.5, 0.6) is 5.75 Å².